The number of nitrogens with zero attached hydrogens (tertiary/aromatic N) is 1. The lowest BCUT2D eigenvalue weighted by molar-refractivity contribution is 0.0785. The molecule has 0 radical (unpaired) electrons. The maximum Gasteiger partial charge on any atom is 0.254 e. The van der Waals surface area contributed by atoms with Gasteiger partial charge in [0.15, 0.2) is 0 Å². The fourth-order valence-corrected chi connectivity index (χ4v) is 2.73. The average Bonchev–Trinajstić information content (AvgIpc) is 2.75. The normalized spacial score (nSPS) is 20.0. The first-order chi connectivity index (χ1) is 8.47. The van der Waals surface area contributed by atoms with Gasteiger partial charge in [-0.1, -0.05) is 15.9 Å². The SMILES string of the molecule is CC(N)C1CCN(C(=O)c2cc(F)cc(Br)c2)C1.Cl. The van der Waals surface area contributed by atoms with E-state index < -0.39 is 5.82 Å². The van der Waals surface area contributed by atoms with Crippen LogP contribution < -0.4 is 5.73 Å². The summed E-state index contributed by atoms with van der Waals surface area (Å²) in [4.78, 5) is 14.0. The second-order valence-electron chi connectivity index (χ2n) is 4.82. The Labute approximate surface area is 126 Å². The summed E-state index contributed by atoms with van der Waals surface area (Å²) in [6.07, 6.45) is 0.917. The van der Waals surface area contributed by atoms with E-state index in [1.807, 2.05) is 6.92 Å². The molecule has 6 heteroatoms. The van der Waals surface area contributed by atoms with Gasteiger partial charge in [-0.05, 0) is 37.5 Å². The first-order valence-corrected chi connectivity index (χ1v) is 6.77. The molecule has 0 aliphatic carbocycles. The highest BCUT2D eigenvalue weighted by atomic mass is 79.9. The number of carbonyl (C=O) groups excluding carboxylic acids is 1. The maximum atomic E-state index is 13.3. The van der Waals surface area contributed by atoms with E-state index in [9.17, 15) is 9.18 Å². The first kappa shape index (κ1) is 16.4. The second kappa shape index (κ2) is 6.68. The van der Waals surface area contributed by atoms with Gasteiger partial charge < -0.3 is 10.6 Å². The molecule has 1 aromatic rings. The second-order valence-corrected chi connectivity index (χ2v) is 5.73. The third-order valence-electron chi connectivity index (χ3n) is 3.36. The van der Waals surface area contributed by atoms with Crippen molar-refractivity contribution in [1.29, 1.82) is 0 Å². The van der Waals surface area contributed by atoms with Crippen LogP contribution in [-0.2, 0) is 0 Å². The molecule has 1 aromatic carbocycles. The molecular weight excluding hydrogens is 335 g/mol. The quantitative estimate of drug-likeness (QED) is 0.890. The largest absolute Gasteiger partial charge is 0.338 e. The fourth-order valence-electron chi connectivity index (χ4n) is 2.26. The molecule has 1 aliphatic heterocycles. The average molecular weight is 352 g/mol. The molecule has 2 N–H and O–H groups in total. The van der Waals surface area contributed by atoms with Crippen LogP contribution in [0.5, 0.6) is 0 Å². The third kappa shape index (κ3) is 3.91. The van der Waals surface area contributed by atoms with E-state index >= 15 is 0 Å². The molecule has 0 bridgehead atoms. The molecule has 1 saturated heterocycles. The van der Waals surface area contributed by atoms with E-state index in [2.05, 4.69) is 15.9 Å². The number of halogens is 3. The number of hydrogen-bond donors (Lipinski definition) is 1. The van der Waals surface area contributed by atoms with Gasteiger partial charge in [0, 0.05) is 29.2 Å². The summed E-state index contributed by atoms with van der Waals surface area (Å²) in [7, 11) is 0. The Kier molecular flexibility index (Phi) is 5.77. The van der Waals surface area contributed by atoms with Crippen molar-refractivity contribution < 1.29 is 9.18 Å². The number of likely N-dealkylation sites (tertiary alicyclic amines) is 1. The topological polar surface area (TPSA) is 46.3 Å². The summed E-state index contributed by atoms with van der Waals surface area (Å²) in [6.45, 7) is 3.31. The zero-order valence-electron chi connectivity index (χ0n) is 10.6. The van der Waals surface area contributed by atoms with Crippen LogP contribution >= 0.6 is 28.3 Å². The van der Waals surface area contributed by atoms with Crippen LogP contribution in [0.15, 0.2) is 22.7 Å². The summed E-state index contributed by atoms with van der Waals surface area (Å²) in [5, 5.41) is 0. The van der Waals surface area contributed by atoms with E-state index in [0.29, 0.717) is 29.0 Å². The molecule has 1 aliphatic rings. The number of nitrogens with two attached hydrogens (primary N) is 1. The molecule has 0 spiro atoms. The molecule has 2 rings (SSSR count). The van der Waals surface area contributed by atoms with Gasteiger partial charge in [-0.2, -0.15) is 0 Å². The number of amides is 1. The van der Waals surface area contributed by atoms with Gasteiger partial charge >= 0.3 is 0 Å². The highest BCUT2D eigenvalue weighted by molar-refractivity contribution is 9.10. The Morgan fingerprint density at radius 1 is 1.53 bits per heavy atom. The highest BCUT2D eigenvalue weighted by Gasteiger charge is 2.29. The minimum atomic E-state index is -0.407. The Bertz CT molecular complexity index is 450. The summed E-state index contributed by atoms with van der Waals surface area (Å²) < 4.78 is 13.8. The summed E-state index contributed by atoms with van der Waals surface area (Å²) in [6, 6.07) is 4.34. The maximum absolute atomic E-state index is 13.3. The lowest BCUT2D eigenvalue weighted by Gasteiger charge is -2.18. The predicted molar refractivity (Wildman–Crippen MR) is 79.0 cm³/mol. The molecule has 0 aromatic heterocycles. The highest BCUT2D eigenvalue weighted by Crippen LogP contribution is 2.22. The molecule has 106 valence electrons. The minimum absolute atomic E-state index is 0. The monoisotopic (exact) mass is 350 g/mol. The molecule has 19 heavy (non-hydrogen) atoms. The molecular formula is C13H17BrClFN2O. The van der Waals surface area contributed by atoms with E-state index in [4.69, 9.17) is 5.73 Å². The van der Waals surface area contributed by atoms with Crippen LogP contribution in [0.25, 0.3) is 0 Å². The molecule has 2 atom stereocenters. The fraction of sp³-hybridized carbons (Fsp3) is 0.462. The molecule has 1 amide bonds. The van der Waals surface area contributed by atoms with Gasteiger partial charge in [0.1, 0.15) is 5.82 Å². The first-order valence-electron chi connectivity index (χ1n) is 5.98. The third-order valence-corrected chi connectivity index (χ3v) is 3.82. The van der Waals surface area contributed by atoms with Crippen molar-refractivity contribution in [2.75, 3.05) is 13.1 Å². The van der Waals surface area contributed by atoms with Gasteiger partial charge in [0.2, 0.25) is 0 Å². The number of rotatable bonds is 2. The van der Waals surface area contributed by atoms with Crippen LogP contribution in [-0.4, -0.2) is 29.9 Å². The molecule has 1 fully saturated rings. The van der Waals surface area contributed by atoms with Crippen molar-refractivity contribution in [2.45, 2.75) is 19.4 Å². The van der Waals surface area contributed by atoms with Crippen molar-refractivity contribution in [3.05, 3.63) is 34.1 Å². The molecule has 0 saturated carbocycles. The van der Waals surface area contributed by atoms with Gasteiger partial charge in [-0.3, -0.25) is 4.79 Å². The summed E-state index contributed by atoms with van der Waals surface area (Å²) >= 11 is 3.19. The van der Waals surface area contributed by atoms with Gasteiger partial charge in [0.25, 0.3) is 5.91 Å². The summed E-state index contributed by atoms with van der Waals surface area (Å²) in [5.74, 6) is -0.194. The van der Waals surface area contributed by atoms with Crippen molar-refractivity contribution in [1.82, 2.24) is 4.90 Å². The Balaban J connectivity index is 0.00000180. The van der Waals surface area contributed by atoms with Crippen molar-refractivity contribution >= 4 is 34.2 Å². The van der Waals surface area contributed by atoms with Crippen LogP contribution in [0.2, 0.25) is 0 Å². The van der Waals surface area contributed by atoms with Crippen LogP contribution in [0.3, 0.4) is 0 Å². The molecule has 3 nitrogen and oxygen atoms in total. The smallest absolute Gasteiger partial charge is 0.254 e. The predicted octanol–water partition coefficient (Wildman–Crippen LogP) is 2.82. The van der Waals surface area contributed by atoms with E-state index in [1.54, 1.807) is 11.0 Å². The zero-order chi connectivity index (χ0) is 13.3. The van der Waals surface area contributed by atoms with Gasteiger partial charge in [-0.25, -0.2) is 4.39 Å². The van der Waals surface area contributed by atoms with E-state index in [0.717, 1.165) is 6.42 Å². The van der Waals surface area contributed by atoms with Crippen LogP contribution in [0.4, 0.5) is 4.39 Å². The minimum Gasteiger partial charge on any atom is -0.338 e. The van der Waals surface area contributed by atoms with Gasteiger partial charge in [-0.15, -0.1) is 12.4 Å². The number of carbonyl (C=O) groups is 1. The van der Waals surface area contributed by atoms with E-state index in [-0.39, 0.29) is 24.4 Å². The van der Waals surface area contributed by atoms with Gasteiger partial charge in [0.05, 0.1) is 0 Å². The Morgan fingerprint density at radius 2 is 2.21 bits per heavy atom. The lowest BCUT2D eigenvalue weighted by atomic mass is 10.0. The standard InChI is InChI=1S/C13H16BrFN2O.ClH/c1-8(16)9-2-3-17(7-9)13(18)10-4-11(14)6-12(15)5-10;/h4-6,8-9H,2-3,7,16H2,1H3;1H. The Morgan fingerprint density at radius 3 is 2.74 bits per heavy atom. The Hall–Kier alpha value is -0.650. The van der Waals surface area contributed by atoms with E-state index in [1.165, 1.54) is 12.1 Å². The summed E-state index contributed by atoms with van der Waals surface area (Å²) in [5.41, 5.74) is 6.22. The van der Waals surface area contributed by atoms with Crippen molar-refractivity contribution in [3.8, 4) is 0 Å². The van der Waals surface area contributed by atoms with Crippen LogP contribution in [0, 0.1) is 11.7 Å². The van der Waals surface area contributed by atoms with Crippen molar-refractivity contribution in [2.24, 2.45) is 11.7 Å². The zero-order valence-corrected chi connectivity index (χ0v) is 13.0. The number of benzene rings is 1. The lowest BCUT2D eigenvalue weighted by Crippen LogP contribution is -2.33. The molecule has 1 heterocycles. The number of hydrogen-bond acceptors (Lipinski definition) is 2. The van der Waals surface area contributed by atoms with Crippen molar-refractivity contribution in [3.63, 3.8) is 0 Å². The molecule has 2 unspecified atom stereocenters. The van der Waals surface area contributed by atoms with Crippen LogP contribution in [0.1, 0.15) is 23.7 Å².